The fraction of sp³-hybridized carbons (Fsp3) is 0.500. The van der Waals surface area contributed by atoms with Crippen LogP contribution in [0.5, 0.6) is 5.75 Å². The molecule has 1 aromatic rings. The largest absolute Gasteiger partial charge is 0.484 e. The molecule has 0 atom stereocenters. The van der Waals surface area contributed by atoms with Crippen LogP contribution in [0, 0.1) is 0 Å². The Morgan fingerprint density at radius 1 is 1.32 bits per heavy atom. The fourth-order valence-electron chi connectivity index (χ4n) is 2.76. The van der Waals surface area contributed by atoms with E-state index < -0.39 is 0 Å². The maximum Gasteiger partial charge on any atom is 0.257 e. The number of hydrogen-bond donors (Lipinski definition) is 1. The number of amides is 2. The van der Waals surface area contributed by atoms with E-state index >= 15 is 0 Å². The molecule has 1 aromatic carbocycles. The number of halogens is 1. The van der Waals surface area contributed by atoms with Crippen molar-refractivity contribution in [2.75, 3.05) is 30.5 Å². The van der Waals surface area contributed by atoms with Crippen molar-refractivity contribution in [3.05, 3.63) is 23.8 Å². The van der Waals surface area contributed by atoms with Gasteiger partial charge >= 0.3 is 0 Å². The predicted molar refractivity (Wildman–Crippen MR) is 96.3 cm³/mol. The molecule has 1 heterocycles. The van der Waals surface area contributed by atoms with Crippen molar-refractivity contribution in [1.82, 2.24) is 5.32 Å². The number of anilines is 1. The normalized spacial score (nSPS) is 13.1. The lowest BCUT2D eigenvalue weighted by Gasteiger charge is -2.29. The molecule has 136 valence electrons. The first-order valence-electron chi connectivity index (χ1n) is 8.48. The van der Waals surface area contributed by atoms with E-state index in [-0.39, 0.29) is 24.3 Å². The molecule has 25 heavy (non-hydrogen) atoms. The van der Waals surface area contributed by atoms with E-state index in [9.17, 15) is 14.4 Å². The average Bonchev–Trinajstić information content (AvgIpc) is 2.65. The van der Waals surface area contributed by atoms with E-state index in [4.69, 9.17) is 16.3 Å². The third-order valence-corrected chi connectivity index (χ3v) is 4.26. The van der Waals surface area contributed by atoms with Crippen LogP contribution >= 0.6 is 11.6 Å². The summed E-state index contributed by atoms with van der Waals surface area (Å²) < 4.78 is 5.53. The minimum Gasteiger partial charge on any atom is -0.484 e. The van der Waals surface area contributed by atoms with E-state index in [0.717, 1.165) is 43.2 Å². The molecular weight excluding hydrogens is 344 g/mol. The van der Waals surface area contributed by atoms with Crippen molar-refractivity contribution in [1.29, 1.82) is 0 Å². The molecule has 0 spiro atoms. The monoisotopic (exact) mass is 366 g/mol. The van der Waals surface area contributed by atoms with Gasteiger partial charge in [-0.25, -0.2) is 0 Å². The molecule has 0 fully saturated rings. The number of unbranched alkanes of at least 4 members (excludes halogenated alkanes) is 2. The molecule has 2 rings (SSSR count). The van der Waals surface area contributed by atoms with Gasteiger partial charge in [0.2, 0.25) is 5.91 Å². The van der Waals surface area contributed by atoms with Crippen LogP contribution in [0.4, 0.5) is 5.69 Å². The van der Waals surface area contributed by atoms with Crippen molar-refractivity contribution in [2.24, 2.45) is 0 Å². The SMILES string of the molecule is O=CCCCCNC(=O)COc1ccc2c(c1)N(C(=O)CCl)CCC2. The molecule has 0 saturated heterocycles. The number of ether oxygens (including phenoxy) is 1. The number of alkyl halides is 1. The summed E-state index contributed by atoms with van der Waals surface area (Å²) >= 11 is 5.68. The number of hydrogen-bond acceptors (Lipinski definition) is 4. The Labute approximate surface area is 152 Å². The Morgan fingerprint density at radius 3 is 2.92 bits per heavy atom. The maximum atomic E-state index is 12.0. The van der Waals surface area contributed by atoms with Crippen molar-refractivity contribution in [3.63, 3.8) is 0 Å². The summed E-state index contributed by atoms with van der Waals surface area (Å²) in [6.45, 7) is 1.08. The van der Waals surface area contributed by atoms with E-state index in [1.54, 1.807) is 11.0 Å². The van der Waals surface area contributed by atoms with Crippen LogP contribution in [-0.2, 0) is 20.8 Å². The maximum absolute atomic E-state index is 12.0. The van der Waals surface area contributed by atoms with Crippen LogP contribution in [0.25, 0.3) is 0 Å². The van der Waals surface area contributed by atoms with Gasteiger partial charge in [0.25, 0.3) is 5.91 Å². The lowest BCUT2D eigenvalue weighted by Crippen LogP contribution is -2.36. The van der Waals surface area contributed by atoms with Crippen LogP contribution in [0.1, 0.15) is 31.2 Å². The summed E-state index contributed by atoms with van der Waals surface area (Å²) in [7, 11) is 0. The highest BCUT2D eigenvalue weighted by molar-refractivity contribution is 6.29. The number of rotatable bonds is 9. The van der Waals surface area contributed by atoms with Crippen LogP contribution < -0.4 is 15.0 Å². The number of benzene rings is 1. The third kappa shape index (κ3) is 5.74. The second kappa shape index (κ2) is 10.0. The predicted octanol–water partition coefficient (Wildman–Crippen LogP) is 2.07. The number of carbonyl (C=O) groups is 3. The molecule has 1 aliphatic heterocycles. The van der Waals surface area contributed by atoms with Gasteiger partial charge in [-0.1, -0.05) is 6.07 Å². The van der Waals surface area contributed by atoms with Gasteiger partial charge in [0.05, 0.1) is 5.69 Å². The van der Waals surface area contributed by atoms with Gasteiger partial charge in [0.1, 0.15) is 17.9 Å². The zero-order valence-electron chi connectivity index (χ0n) is 14.1. The smallest absolute Gasteiger partial charge is 0.257 e. The summed E-state index contributed by atoms with van der Waals surface area (Å²) in [5.41, 5.74) is 1.89. The Balaban J connectivity index is 1.87. The number of nitrogens with zero attached hydrogens (tertiary/aromatic N) is 1. The van der Waals surface area contributed by atoms with Crippen molar-refractivity contribution in [3.8, 4) is 5.75 Å². The fourth-order valence-corrected chi connectivity index (χ4v) is 2.90. The molecule has 0 unspecified atom stereocenters. The second-order valence-corrected chi connectivity index (χ2v) is 6.14. The minimum absolute atomic E-state index is 0.0585. The zero-order chi connectivity index (χ0) is 18.1. The quantitative estimate of drug-likeness (QED) is 0.412. The van der Waals surface area contributed by atoms with Gasteiger partial charge in [0, 0.05) is 25.6 Å². The first-order valence-corrected chi connectivity index (χ1v) is 9.01. The van der Waals surface area contributed by atoms with Gasteiger partial charge in [0.15, 0.2) is 6.61 Å². The van der Waals surface area contributed by atoms with Gasteiger partial charge in [-0.3, -0.25) is 9.59 Å². The highest BCUT2D eigenvalue weighted by Gasteiger charge is 2.22. The summed E-state index contributed by atoms with van der Waals surface area (Å²) in [5, 5.41) is 2.75. The third-order valence-electron chi connectivity index (χ3n) is 4.03. The first kappa shape index (κ1) is 19.2. The molecule has 6 nitrogen and oxygen atoms in total. The molecule has 0 aliphatic carbocycles. The number of aryl methyl sites for hydroxylation is 1. The van der Waals surface area contributed by atoms with Gasteiger partial charge < -0.3 is 19.7 Å². The van der Waals surface area contributed by atoms with Crippen LogP contribution in [-0.4, -0.2) is 43.7 Å². The minimum atomic E-state index is -0.211. The van der Waals surface area contributed by atoms with Gasteiger partial charge in [-0.05, 0) is 37.3 Å². The van der Waals surface area contributed by atoms with E-state index in [1.165, 1.54) is 0 Å². The van der Waals surface area contributed by atoms with Crippen LogP contribution in [0.15, 0.2) is 18.2 Å². The van der Waals surface area contributed by atoms with Gasteiger partial charge in [-0.2, -0.15) is 0 Å². The molecule has 7 heteroatoms. The van der Waals surface area contributed by atoms with E-state index in [1.807, 2.05) is 12.1 Å². The van der Waals surface area contributed by atoms with Crippen molar-refractivity contribution < 1.29 is 19.1 Å². The molecular formula is C18H23ClN2O4. The molecule has 1 aliphatic rings. The summed E-state index contributed by atoms with van der Waals surface area (Å²) in [5.74, 6) is 0.145. The highest BCUT2D eigenvalue weighted by atomic mass is 35.5. The lowest BCUT2D eigenvalue weighted by atomic mass is 10.0. The van der Waals surface area contributed by atoms with Gasteiger partial charge in [-0.15, -0.1) is 11.6 Å². The number of nitrogens with one attached hydrogen (secondary N) is 1. The molecule has 1 N–H and O–H groups in total. The topological polar surface area (TPSA) is 75.7 Å². The number of aldehydes is 1. The average molecular weight is 367 g/mol. The first-order chi connectivity index (χ1) is 12.2. The number of carbonyl (C=O) groups excluding carboxylic acids is 3. The van der Waals surface area contributed by atoms with Crippen LogP contribution in [0.3, 0.4) is 0 Å². The lowest BCUT2D eigenvalue weighted by molar-refractivity contribution is -0.123. The Hall–Kier alpha value is -2.08. The molecule has 0 aromatic heterocycles. The van der Waals surface area contributed by atoms with Crippen molar-refractivity contribution in [2.45, 2.75) is 32.1 Å². The number of fused-ring (bicyclic) bond motifs is 1. The van der Waals surface area contributed by atoms with E-state index in [0.29, 0.717) is 25.3 Å². The Bertz CT molecular complexity index is 621. The summed E-state index contributed by atoms with van der Waals surface area (Å²) in [6, 6.07) is 5.52. The van der Waals surface area contributed by atoms with Crippen molar-refractivity contribution >= 4 is 35.4 Å². The second-order valence-electron chi connectivity index (χ2n) is 5.87. The molecule has 0 saturated carbocycles. The summed E-state index contributed by atoms with van der Waals surface area (Å²) in [4.78, 5) is 35.6. The molecule has 2 amide bonds. The highest BCUT2D eigenvalue weighted by Crippen LogP contribution is 2.31. The summed E-state index contributed by atoms with van der Waals surface area (Å²) in [6.07, 6.45) is 4.72. The van der Waals surface area contributed by atoms with Crippen LogP contribution in [0.2, 0.25) is 0 Å². The standard InChI is InChI=1S/C18H23ClN2O4/c19-12-18(24)21-9-4-5-14-6-7-15(11-16(14)21)25-13-17(23)20-8-2-1-3-10-22/h6-7,10-11H,1-5,8-9,12-13H2,(H,20,23). The molecule has 0 radical (unpaired) electrons. The Morgan fingerprint density at radius 2 is 2.16 bits per heavy atom. The Kier molecular flexibility index (Phi) is 7.73. The van der Waals surface area contributed by atoms with E-state index in [2.05, 4.69) is 5.32 Å². The zero-order valence-corrected chi connectivity index (χ0v) is 14.9. The molecule has 0 bridgehead atoms.